The molecule has 3 rings (SSSR count). The van der Waals surface area contributed by atoms with Crippen LogP contribution in [0.5, 0.6) is 0 Å². The summed E-state index contributed by atoms with van der Waals surface area (Å²) in [4.78, 5) is 14.2. The summed E-state index contributed by atoms with van der Waals surface area (Å²) in [6.07, 6.45) is -5.27. The number of nitrogens with zero attached hydrogens (tertiary/aromatic N) is 2. The number of alkyl halides is 3. The van der Waals surface area contributed by atoms with Crippen LogP contribution >= 0.6 is 0 Å². The minimum atomic E-state index is -4.60. The van der Waals surface area contributed by atoms with E-state index in [1.54, 1.807) is 20.8 Å². The minimum absolute atomic E-state index is 0.0230. The van der Waals surface area contributed by atoms with Gasteiger partial charge in [-0.25, -0.2) is 4.79 Å². The normalized spacial score (nSPS) is 27.3. The lowest BCUT2D eigenvalue weighted by Crippen LogP contribution is -2.63. The fourth-order valence-electron chi connectivity index (χ4n) is 4.01. The standard InChI is InChI=1S/C20H23F3N2O4/c1-18(2,3)29-17(26)25-14-7-19(27,8-15(25)11-28-10-14)16-6-13(20(21,22)23)5-4-12(16)9-24/h4-6,14-15,27H,7-8,10-11H2,1-3H3. The van der Waals surface area contributed by atoms with Crippen LogP contribution in [0, 0.1) is 11.3 Å². The molecule has 158 valence electrons. The fourth-order valence-corrected chi connectivity index (χ4v) is 4.01. The van der Waals surface area contributed by atoms with Gasteiger partial charge in [-0.05, 0) is 39.0 Å². The molecule has 0 spiro atoms. The summed E-state index contributed by atoms with van der Waals surface area (Å²) in [5.74, 6) is 0. The number of nitriles is 1. The maximum atomic E-state index is 13.2. The van der Waals surface area contributed by atoms with Crippen LogP contribution in [0.1, 0.15) is 50.3 Å². The van der Waals surface area contributed by atoms with Crippen molar-refractivity contribution in [1.82, 2.24) is 4.90 Å². The molecule has 0 radical (unpaired) electrons. The maximum absolute atomic E-state index is 13.2. The van der Waals surface area contributed by atoms with E-state index in [9.17, 15) is 28.3 Å². The molecule has 0 aromatic heterocycles. The van der Waals surface area contributed by atoms with Gasteiger partial charge in [-0.1, -0.05) is 0 Å². The van der Waals surface area contributed by atoms with Gasteiger partial charge in [0.05, 0.1) is 48.1 Å². The number of carbonyl (C=O) groups is 1. The van der Waals surface area contributed by atoms with Crippen molar-refractivity contribution < 1.29 is 32.5 Å². The minimum Gasteiger partial charge on any atom is -0.444 e. The first kappa shape index (κ1) is 21.4. The van der Waals surface area contributed by atoms with Gasteiger partial charge in [0, 0.05) is 18.4 Å². The number of rotatable bonds is 1. The second kappa shape index (κ2) is 7.18. The molecule has 29 heavy (non-hydrogen) atoms. The van der Waals surface area contributed by atoms with Crippen LogP contribution in [-0.2, 0) is 21.3 Å². The number of halogens is 3. The van der Waals surface area contributed by atoms with Crippen LogP contribution in [0.2, 0.25) is 0 Å². The van der Waals surface area contributed by atoms with Crippen LogP contribution in [0.25, 0.3) is 0 Å². The number of piperidine rings is 1. The molecular formula is C20H23F3N2O4. The topological polar surface area (TPSA) is 82.8 Å². The molecule has 2 saturated heterocycles. The zero-order valence-corrected chi connectivity index (χ0v) is 16.4. The molecule has 2 fully saturated rings. The highest BCUT2D eigenvalue weighted by molar-refractivity contribution is 5.69. The number of ether oxygens (including phenoxy) is 2. The van der Waals surface area contributed by atoms with Gasteiger partial charge in [0.25, 0.3) is 0 Å². The number of benzene rings is 1. The Balaban J connectivity index is 1.96. The van der Waals surface area contributed by atoms with E-state index in [1.165, 1.54) is 4.90 Å². The predicted octanol–water partition coefficient (Wildman–Crippen LogP) is 3.56. The SMILES string of the molecule is CC(C)(C)OC(=O)N1C2COCC1CC(O)(c1cc(C(F)(F)F)ccc1C#N)C2. The molecule has 2 heterocycles. The van der Waals surface area contributed by atoms with E-state index in [0.29, 0.717) is 0 Å². The third-order valence-electron chi connectivity index (χ3n) is 5.13. The number of hydrogen-bond acceptors (Lipinski definition) is 5. The predicted molar refractivity (Wildman–Crippen MR) is 95.8 cm³/mol. The Bertz CT molecular complexity index is 828. The zero-order chi connectivity index (χ0) is 21.6. The highest BCUT2D eigenvalue weighted by Gasteiger charge is 2.51. The Hall–Kier alpha value is -2.31. The number of aliphatic hydroxyl groups is 1. The average molecular weight is 412 g/mol. The Morgan fingerprint density at radius 2 is 1.86 bits per heavy atom. The van der Waals surface area contributed by atoms with Crippen molar-refractivity contribution in [3.05, 3.63) is 34.9 Å². The molecule has 1 N–H and O–H groups in total. The quantitative estimate of drug-likeness (QED) is 0.763. The van der Waals surface area contributed by atoms with E-state index < -0.39 is 41.1 Å². The van der Waals surface area contributed by atoms with Crippen molar-refractivity contribution in [2.75, 3.05) is 13.2 Å². The monoisotopic (exact) mass is 412 g/mol. The fraction of sp³-hybridized carbons (Fsp3) is 0.600. The van der Waals surface area contributed by atoms with Crippen molar-refractivity contribution in [3.8, 4) is 6.07 Å². The van der Waals surface area contributed by atoms with Crippen LogP contribution in [-0.4, -0.2) is 47.0 Å². The Kier molecular flexibility index (Phi) is 5.30. The molecule has 6 nitrogen and oxygen atoms in total. The summed E-state index contributed by atoms with van der Waals surface area (Å²) in [6.45, 7) is 5.45. The summed E-state index contributed by atoms with van der Waals surface area (Å²) in [5.41, 5.74) is -3.43. The van der Waals surface area contributed by atoms with E-state index in [0.717, 1.165) is 18.2 Å². The van der Waals surface area contributed by atoms with Crippen molar-refractivity contribution in [3.63, 3.8) is 0 Å². The van der Waals surface area contributed by atoms with Gasteiger partial charge < -0.3 is 14.6 Å². The molecular weight excluding hydrogens is 389 g/mol. The van der Waals surface area contributed by atoms with Crippen molar-refractivity contribution in [2.45, 2.75) is 63.1 Å². The Labute approximate surface area is 166 Å². The number of hydrogen-bond donors (Lipinski definition) is 1. The Morgan fingerprint density at radius 3 is 2.34 bits per heavy atom. The summed E-state index contributed by atoms with van der Waals surface area (Å²) in [7, 11) is 0. The lowest BCUT2D eigenvalue weighted by atomic mass is 9.75. The second-order valence-corrected chi connectivity index (χ2v) is 8.54. The second-order valence-electron chi connectivity index (χ2n) is 8.54. The van der Waals surface area contributed by atoms with E-state index in [1.807, 2.05) is 6.07 Å². The first-order chi connectivity index (χ1) is 13.3. The summed E-state index contributed by atoms with van der Waals surface area (Å²) >= 11 is 0. The molecule has 2 bridgehead atoms. The number of fused-ring (bicyclic) bond motifs is 2. The Morgan fingerprint density at radius 1 is 1.28 bits per heavy atom. The van der Waals surface area contributed by atoms with Gasteiger partial charge in [-0.15, -0.1) is 0 Å². The lowest BCUT2D eigenvalue weighted by molar-refractivity contribution is -0.143. The van der Waals surface area contributed by atoms with E-state index in [4.69, 9.17) is 9.47 Å². The molecule has 2 atom stereocenters. The van der Waals surface area contributed by atoms with E-state index >= 15 is 0 Å². The van der Waals surface area contributed by atoms with E-state index in [2.05, 4.69) is 0 Å². The lowest BCUT2D eigenvalue weighted by Gasteiger charge is -2.51. The summed E-state index contributed by atoms with van der Waals surface area (Å²) < 4.78 is 50.5. The van der Waals surface area contributed by atoms with Crippen LogP contribution in [0.15, 0.2) is 18.2 Å². The first-order valence-electron chi connectivity index (χ1n) is 9.27. The van der Waals surface area contributed by atoms with Gasteiger partial charge in [-0.2, -0.15) is 18.4 Å². The molecule has 2 aliphatic rings. The highest BCUT2D eigenvalue weighted by Crippen LogP contribution is 2.44. The van der Waals surface area contributed by atoms with Crippen molar-refractivity contribution in [2.24, 2.45) is 0 Å². The number of carbonyl (C=O) groups excluding carboxylic acids is 1. The van der Waals surface area contributed by atoms with Crippen LogP contribution in [0.4, 0.5) is 18.0 Å². The van der Waals surface area contributed by atoms with Crippen LogP contribution in [0.3, 0.4) is 0 Å². The van der Waals surface area contributed by atoms with Gasteiger partial charge in [0.2, 0.25) is 0 Å². The van der Waals surface area contributed by atoms with Crippen LogP contribution < -0.4 is 0 Å². The van der Waals surface area contributed by atoms with Gasteiger partial charge in [0.1, 0.15) is 5.60 Å². The molecule has 2 unspecified atom stereocenters. The number of morpholine rings is 1. The van der Waals surface area contributed by atoms with Crippen molar-refractivity contribution >= 4 is 6.09 Å². The number of amides is 1. The highest BCUT2D eigenvalue weighted by atomic mass is 19.4. The first-order valence-corrected chi connectivity index (χ1v) is 9.27. The van der Waals surface area contributed by atoms with Crippen molar-refractivity contribution in [1.29, 1.82) is 5.26 Å². The molecule has 1 aromatic rings. The molecule has 1 amide bonds. The summed E-state index contributed by atoms with van der Waals surface area (Å²) in [5, 5.41) is 20.7. The molecule has 1 aromatic carbocycles. The van der Waals surface area contributed by atoms with Gasteiger partial charge in [-0.3, -0.25) is 4.90 Å². The molecule has 0 aliphatic carbocycles. The smallest absolute Gasteiger partial charge is 0.416 e. The molecule has 2 aliphatic heterocycles. The third-order valence-corrected chi connectivity index (χ3v) is 5.13. The molecule has 0 saturated carbocycles. The molecule has 9 heteroatoms. The third kappa shape index (κ3) is 4.33. The van der Waals surface area contributed by atoms with Gasteiger partial charge in [0.15, 0.2) is 0 Å². The van der Waals surface area contributed by atoms with Gasteiger partial charge >= 0.3 is 12.3 Å². The van der Waals surface area contributed by atoms with E-state index in [-0.39, 0.29) is 37.2 Å². The largest absolute Gasteiger partial charge is 0.444 e. The maximum Gasteiger partial charge on any atom is 0.416 e. The average Bonchev–Trinajstić information content (AvgIpc) is 2.58. The zero-order valence-electron chi connectivity index (χ0n) is 16.4. The summed E-state index contributed by atoms with van der Waals surface area (Å²) in [6, 6.07) is 3.43.